The summed E-state index contributed by atoms with van der Waals surface area (Å²) in [7, 11) is 0. The van der Waals surface area contributed by atoms with E-state index in [-0.39, 0.29) is 5.54 Å². The minimum Gasteiger partial charge on any atom is -0.370 e. The van der Waals surface area contributed by atoms with Gasteiger partial charge in [-0.25, -0.2) is 4.99 Å². The summed E-state index contributed by atoms with van der Waals surface area (Å²) in [6, 6.07) is 3.88. The number of hydrogen-bond acceptors (Lipinski definition) is 1. The van der Waals surface area contributed by atoms with Crippen molar-refractivity contribution in [3.05, 3.63) is 25.6 Å². The average molecular weight is 428 g/mol. The Morgan fingerprint density at radius 3 is 2.06 bits per heavy atom. The smallest absolute Gasteiger partial charge is 0.193 e. The number of hydrogen-bond donors (Lipinski definition) is 2. The number of nitrogens with zero attached hydrogens (tertiary/aromatic N) is 1. The van der Waals surface area contributed by atoms with Gasteiger partial charge in [-0.2, -0.15) is 0 Å². The summed E-state index contributed by atoms with van der Waals surface area (Å²) in [5, 5.41) is 3.08. The van der Waals surface area contributed by atoms with Crippen LogP contribution in [0.1, 0.15) is 20.8 Å². The van der Waals surface area contributed by atoms with E-state index in [0.29, 0.717) is 5.96 Å². The Labute approximate surface area is 127 Å². The molecule has 6 heteroatoms. The van der Waals surface area contributed by atoms with Gasteiger partial charge in [-0.15, -0.1) is 0 Å². The minimum atomic E-state index is -0.203. The third-order valence-electron chi connectivity index (χ3n) is 1.72. The molecule has 0 saturated heterocycles. The SMILES string of the molecule is CC(C)(C)N=C(N)Nc1c(Br)cc(Br)cc1Br. The van der Waals surface area contributed by atoms with Crippen molar-refractivity contribution in [2.24, 2.45) is 10.7 Å². The Hall–Kier alpha value is -0.0700. The molecule has 0 aliphatic rings. The van der Waals surface area contributed by atoms with Gasteiger partial charge in [-0.05, 0) is 64.8 Å². The van der Waals surface area contributed by atoms with E-state index in [1.165, 1.54) is 0 Å². The largest absolute Gasteiger partial charge is 0.370 e. The van der Waals surface area contributed by atoms with Crippen LogP contribution in [0.2, 0.25) is 0 Å². The van der Waals surface area contributed by atoms with Crippen molar-refractivity contribution in [2.75, 3.05) is 5.32 Å². The van der Waals surface area contributed by atoms with Crippen LogP contribution < -0.4 is 11.1 Å². The van der Waals surface area contributed by atoms with E-state index < -0.39 is 0 Å². The second-order valence-electron chi connectivity index (χ2n) is 4.54. The molecule has 94 valence electrons. The van der Waals surface area contributed by atoms with Crippen LogP contribution >= 0.6 is 47.8 Å². The lowest BCUT2D eigenvalue weighted by atomic mass is 10.1. The molecule has 1 aromatic carbocycles. The first-order valence-electron chi connectivity index (χ1n) is 4.96. The van der Waals surface area contributed by atoms with Crippen LogP contribution in [-0.4, -0.2) is 11.5 Å². The summed E-state index contributed by atoms with van der Waals surface area (Å²) in [5.41, 5.74) is 6.51. The number of aliphatic imine (C=N–C) groups is 1. The fraction of sp³-hybridized carbons (Fsp3) is 0.364. The molecule has 0 aromatic heterocycles. The van der Waals surface area contributed by atoms with Gasteiger partial charge in [0.2, 0.25) is 0 Å². The van der Waals surface area contributed by atoms with E-state index in [1.807, 2.05) is 32.9 Å². The molecule has 0 fully saturated rings. The maximum absolute atomic E-state index is 5.85. The van der Waals surface area contributed by atoms with Gasteiger partial charge >= 0.3 is 0 Å². The van der Waals surface area contributed by atoms with Crippen molar-refractivity contribution in [1.29, 1.82) is 0 Å². The Balaban J connectivity index is 3.01. The maximum Gasteiger partial charge on any atom is 0.193 e. The summed E-state index contributed by atoms with van der Waals surface area (Å²) in [6.45, 7) is 5.98. The van der Waals surface area contributed by atoms with Crippen LogP contribution in [0.4, 0.5) is 5.69 Å². The van der Waals surface area contributed by atoms with Crippen molar-refractivity contribution >= 4 is 59.4 Å². The highest BCUT2D eigenvalue weighted by molar-refractivity contribution is 9.11. The standard InChI is InChI=1S/C11H14Br3N3/c1-11(2,3)17-10(15)16-9-7(13)4-6(12)5-8(9)14/h4-5H,1-3H3,(H3,15,16,17). The fourth-order valence-electron chi connectivity index (χ4n) is 1.18. The highest BCUT2D eigenvalue weighted by Crippen LogP contribution is 2.34. The van der Waals surface area contributed by atoms with Gasteiger partial charge in [0.05, 0.1) is 11.2 Å². The quantitative estimate of drug-likeness (QED) is 0.512. The van der Waals surface area contributed by atoms with Crippen LogP contribution in [0.25, 0.3) is 0 Å². The maximum atomic E-state index is 5.85. The normalized spacial score (nSPS) is 12.7. The van der Waals surface area contributed by atoms with Gasteiger partial charge in [0.25, 0.3) is 0 Å². The molecule has 0 heterocycles. The number of nitrogens with one attached hydrogen (secondary N) is 1. The predicted molar refractivity (Wildman–Crippen MR) is 84.5 cm³/mol. The molecule has 0 amide bonds. The average Bonchev–Trinajstić information content (AvgIpc) is 2.08. The van der Waals surface area contributed by atoms with Gasteiger partial charge in [-0.1, -0.05) is 15.9 Å². The first kappa shape index (κ1) is 15.0. The Bertz CT molecular complexity index is 427. The lowest BCUT2D eigenvalue weighted by Gasteiger charge is -2.16. The minimum absolute atomic E-state index is 0.203. The number of nitrogens with two attached hydrogens (primary N) is 1. The Kier molecular flexibility index (Phi) is 5.04. The first-order chi connectivity index (χ1) is 7.69. The number of halogens is 3. The van der Waals surface area contributed by atoms with E-state index in [0.717, 1.165) is 19.1 Å². The summed E-state index contributed by atoms with van der Waals surface area (Å²) in [4.78, 5) is 4.34. The molecule has 0 aliphatic heterocycles. The molecule has 0 aliphatic carbocycles. The van der Waals surface area contributed by atoms with E-state index in [9.17, 15) is 0 Å². The molecule has 0 bridgehead atoms. The zero-order chi connectivity index (χ0) is 13.2. The predicted octanol–water partition coefficient (Wildman–Crippen LogP) is 4.50. The van der Waals surface area contributed by atoms with Crippen molar-refractivity contribution in [1.82, 2.24) is 0 Å². The highest BCUT2D eigenvalue weighted by atomic mass is 79.9. The molecule has 0 radical (unpaired) electrons. The molecule has 1 aromatic rings. The van der Waals surface area contributed by atoms with Crippen LogP contribution in [0.3, 0.4) is 0 Å². The monoisotopic (exact) mass is 425 g/mol. The van der Waals surface area contributed by atoms with Gasteiger partial charge in [-0.3, -0.25) is 0 Å². The van der Waals surface area contributed by atoms with E-state index in [2.05, 4.69) is 58.1 Å². The molecule has 17 heavy (non-hydrogen) atoms. The summed E-state index contributed by atoms with van der Waals surface area (Å²) < 4.78 is 2.80. The van der Waals surface area contributed by atoms with Gasteiger partial charge in [0, 0.05) is 13.4 Å². The molecule has 0 spiro atoms. The zero-order valence-corrected chi connectivity index (χ0v) is 14.6. The van der Waals surface area contributed by atoms with Crippen molar-refractivity contribution < 1.29 is 0 Å². The third-order valence-corrected chi connectivity index (χ3v) is 3.42. The Morgan fingerprint density at radius 2 is 1.65 bits per heavy atom. The number of benzene rings is 1. The van der Waals surface area contributed by atoms with E-state index in [4.69, 9.17) is 5.73 Å². The summed E-state index contributed by atoms with van der Waals surface area (Å²) in [6.07, 6.45) is 0. The summed E-state index contributed by atoms with van der Waals surface area (Å²) in [5.74, 6) is 0.390. The van der Waals surface area contributed by atoms with Crippen LogP contribution in [0.5, 0.6) is 0 Å². The topological polar surface area (TPSA) is 50.4 Å². The van der Waals surface area contributed by atoms with Crippen LogP contribution in [0.15, 0.2) is 30.5 Å². The molecular weight excluding hydrogens is 414 g/mol. The number of rotatable bonds is 1. The van der Waals surface area contributed by atoms with E-state index in [1.54, 1.807) is 0 Å². The molecule has 3 N–H and O–H groups in total. The number of guanidine groups is 1. The molecular formula is C11H14Br3N3. The molecule has 0 unspecified atom stereocenters. The zero-order valence-electron chi connectivity index (χ0n) is 9.81. The molecule has 0 saturated carbocycles. The van der Waals surface area contributed by atoms with Crippen molar-refractivity contribution in [2.45, 2.75) is 26.3 Å². The molecule has 3 nitrogen and oxygen atoms in total. The van der Waals surface area contributed by atoms with Gasteiger partial charge in [0.15, 0.2) is 5.96 Å². The van der Waals surface area contributed by atoms with Crippen LogP contribution in [-0.2, 0) is 0 Å². The number of anilines is 1. The highest BCUT2D eigenvalue weighted by Gasteiger charge is 2.11. The third kappa shape index (κ3) is 4.97. The summed E-state index contributed by atoms with van der Waals surface area (Å²) >= 11 is 10.4. The van der Waals surface area contributed by atoms with Crippen molar-refractivity contribution in [3.8, 4) is 0 Å². The van der Waals surface area contributed by atoms with Gasteiger partial charge < -0.3 is 11.1 Å². The second-order valence-corrected chi connectivity index (χ2v) is 7.16. The van der Waals surface area contributed by atoms with Crippen molar-refractivity contribution in [3.63, 3.8) is 0 Å². The lowest BCUT2D eigenvalue weighted by molar-refractivity contribution is 0.583. The lowest BCUT2D eigenvalue weighted by Crippen LogP contribution is -2.27. The van der Waals surface area contributed by atoms with E-state index >= 15 is 0 Å². The van der Waals surface area contributed by atoms with Gasteiger partial charge in [0.1, 0.15) is 0 Å². The van der Waals surface area contributed by atoms with Crippen LogP contribution in [0, 0.1) is 0 Å². The second kappa shape index (κ2) is 5.71. The molecule has 0 atom stereocenters. The first-order valence-corrected chi connectivity index (χ1v) is 7.34. The fourth-order valence-corrected chi connectivity index (χ4v) is 3.64. The Morgan fingerprint density at radius 1 is 1.18 bits per heavy atom. The molecule has 1 rings (SSSR count).